The number of anilines is 1. The molecule has 0 saturated carbocycles. The van der Waals surface area contributed by atoms with Crippen molar-refractivity contribution in [3.63, 3.8) is 0 Å². The highest BCUT2D eigenvalue weighted by atomic mass is 127. The molecule has 1 aromatic rings. The highest BCUT2D eigenvalue weighted by molar-refractivity contribution is 14.1. The van der Waals surface area contributed by atoms with Crippen LogP contribution in [0.25, 0.3) is 0 Å². The lowest BCUT2D eigenvalue weighted by Gasteiger charge is -2.15. The first-order valence-corrected chi connectivity index (χ1v) is 7.32. The van der Waals surface area contributed by atoms with Crippen molar-refractivity contribution in [2.75, 3.05) is 5.32 Å². The molecule has 94 valence electrons. The van der Waals surface area contributed by atoms with Gasteiger partial charge in [0.2, 0.25) is 5.91 Å². The van der Waals surface area contributed by atoms with Gasteiger partial charge in [-0.05, 0) is 47.6 Å². The van der Waals surface area contributed by atoms with Crippen molar-refractivity contribution >= 4 is 34.2 Å². The summed E-state index contributed by atoms with van der Waals surface area (Å²) in [5, 5.41) is 3.02. The zero-order chi connectivity index (χ0) is 12.7. The first-order valence-electron chi connectivity index (χ1n) is 6.24. The van der Waals surface area contributed by atoms with E-state index in [4.69, 9.17) is 0 Å². The second-order valence-electron chi connectivity index (χ2n) is 4.22. The normalized spacial score (nSPS) is 12.2. The Bertz CT molecular complexity index is 365. The Morgan fingerprint density at radius 3 is 2.65 bits per heavy atom. The van der Waals surface area contributed by atoms with Crippen LogP contribution in [-0.4, -0.2) is 5.91 Å². The van der Waals surface area contributed by atoms with Crippen molar-refractivity contribution in [3.8, 4) is 0 Å². The van der Waals surface area contributed by atoms with Crippen LogP contribution in [0.3, 0.4) is 0 Å². The summed E-state index contributed by atoms with van der Waals surface area (Å²) in [4.78, 5) is 12.1. The molecule has 0 aromatic heterocycles. The van der Waals surface area contributed by atoms with Gasteiger partial charge in [0.15, 0.2) is 0 Å². The molecule has 0 heterocycles. The van der Waals surface area contributed by atoms with Gasteiger partial charge in [-0.2, -0.15) is 0 Å². The summed E-state index contributed by atoms with van der Waals surface area (Å²) in [5.41, 5.74) is 0.924. The third-order valence-electron chi connectivity index (χ3n) is 2.90. The molecule has 1 aromatic carbocycles. The maximum Gasteiger partial charge on any atom is 0.227 e. The number of hydrogen-bond acceptors (Lipinski definition) is 1. The summed E-state index contributed by atoms with van der Waals surface area (Å²) in [6, 6.07) is 7.88. The molecule has 1 rings (SSSR count). The van der Waals surface area contributed by atoms with Gasteiger partial charge in [0.05, 0.1) is 5.69 Å². The fraction of sp³-hybridized carbons (Fsp3) is 0.500. The molecule has 2 nitrogen and oxygen atoms in total. The molecule has 0 unspecified atom stereocenters. The molecule has 0 saturated heterocycles. The van der Waals surface area contributed by atoms with Crippen LogP contribution in [0.2, 0.25) is 0 Å². The Hall–Kier alpha value is -0.580. The zero-order valence-corrected chi connectivity index (χ0v) is 12.7. The lowest BCUT2D eigenvalue weighted by Crippen LogP contribution is -2.22. The van der Waals surface area contributed by atoms with E-state index < -0.39 is 0 Å². The van der Waals surface area contributed by atoms with Gasteiger partial charge in [-0.3, -0.25) is 4.79 Å². The fourth-order valence-electron chi connectivity index (χ4n) is 1.77. The second-order valence-corrected chi connectivity index (χ2v) is 5.38. The van der Waals surface area contributed by atoms with E-state index in [1.54, 1.807) is 0 Å². The van der Waals surface area contributed by atoms with Crippen LogP contribution in [0.4, 0.5) is 5.69 Å². The van der Waals surface area contributed by atoms with E-state index in [1.165, 1.54) is 0 Å². The van der Waals surface area contributed by atoms with Crippen LogP contribution < -0.4 is 5.32 Å². The van der Waals surface area contributed by atoms with Crippen molar-refractivity contribution in [2.45, 2.75) is 39.5 Å². The van der Waals surface area contributed by atoms with Crippen LogP contribution in [0, 0.1) is 9.49 Å². The van der Waals surface area contributed by atoms with E-state index in [2.05, 4.69) is 41.8 Å². The number of para-hydroxylation sites is 1. The first-order chi connectivity index (χ1) is 8.19. The van der Waals surface area contributed by atoms with Gasteiger partial charge >= 0.3 is 0 Å². The maximum absolute atomic E-state index is 12.1. The monoisotopic (exact) mass is 345 g/mol. The maximum atomic E-state index is 12.1. The van der Waals surface area contributed by atoms with Crippen molar-refractivity contribution in [1.29, 1.82) is 0 Å². The SMILES string of the molecule is CCCC[C@H](CC)C(=O)Nc1ccccc1I. The average molecular weight is 345 g/mol. The van der Waals surface area contributed by atoms with Crippen molar-refractivity contribution < 1.29 is 4.79 Å². The summed E-state index contributed by atoms with van der Waals surface area (Å²) in [6.07, 6.45) is 4.17. The molecular formula is C14H20INO. The molecule has 0 fully saturated rings. The minimum Gasteiger partial charge on any atom is -0.325 e. The molecule has 1 amide bonds. The van der Waals surface area contributed by atoms with Crippen molar-refractivity contribution in [3.05, 3.63) is 27.8 Å². The van der Waals surface area contributed by atoms with Gasteiger partial charge < -0.3 is 5.32 Å². The van der Waals surface area contributed by atoms with Gasteiger partial charge in [-0.15, -0.1) is 0 Å². The molecule has 0 aliphatic rings. The van der Waals surface area contributed by atoms with E-state index in [-0.39, 0.29) is 11.8 Å². The Morgan fingerprint density at radius 2 is 2.06 bits per heavy atom. The minimum absolute atomic E-state index is 0.144. The summed E-state index contributed by atoms with van der Waals surface area (Å²) < 4.78 is 1.09. The van der Waals surface area contributed by atoms with Crippen molar-refractivity contribution in [1.82, 2.24) is 0 Å². The van der Waals surface area contributed by atoms with Crippen LogP contribution in [0.5, 0.6) is 0 Å². The van der Waals surface area contributed by atoms with E-state index in [1.807, 2.05) is 24.3 Å². The number of amides is 1. The molecule has 0 bridgehead atoms. The Morgan fingerprint density at radius 1 is 1.35 bits per heavy atom. The van der Waals surface area contributed by atoms with Gasteiger partial charge in [-0.1, -0.05) is 38.8 Å². The largest absolute Gasteiger partial charge is 0.325 e. The van der Waals surface area contributed by atoms with E-state index in [0.717, 1.165) is 34.9 Å². The van der Waals surface area contributed by atoms with Crippen LogP contribution in [-0.2, 0) is 4.79 Å². The number of nitrogens with one attached hydrogen (secondary N) is 1. The summed E-state index contributed by atoms with van der Waals surface area (Å²) in [5.74, 6) is 0.302. The molecule has 1 atom stereocenters. The van der Waals surface area contributed by atoms with Gasteiger partial charge in [0, 0.05) is 9.49 Å². The predicted octanol–water partition coefficient (Wildman–Crippen LogP) is 4.45. The molecule has 17 heavy (non-hydrogen) atoms. The molecule has 0 aliphatic heterocycles. The first kappa shape index (κ1) is 14.5. The fourth-order valence-corrected chi connectivity index (χ4v) is 2.29. The lowest BCUT2D eigenvalue weighted by molar-refractivity contribution is -0.120. The smallest absolute Gasteiger partial charge is 0.227 e. The molecule has 0 spiro atoms. The average Bonchev–Trinajstić information content (AvgIpc) is 2.33. The number of hydrogen-bond donors (Lipinski definition) is 1. The van der Waals surface area contributed by atoms with E-state index in [9.17, 15) is 4.79 Å². The second kappa shape index (κ2) is 7.69. The number of unbranched alkanes of at least 4 members (excludes halogenated alkanes) is 1. The van der Waals surface area contributed by atoms with Gasteiger partial charge in [-0.25, -0.2) is 0 Å². The Balaban J connectivity index is 2.61. The Kier molecular flexibility index (Phi) is 6.55. The molecule has 0 radical (unpaired) electrons. The van der Waals surface area contributed by atoms with Crippen LogP contribution in [0.1, 0.15) is 39.5 Å². The lowest BCUT2D eigenvalue weighted by atomic mass is 9.98. The molecule has 0 aliphatic carbocycles. The highest BCUT2D eigenvalue weighted by Crippen LogP contribution is 2.20. The quantitative estimate of drug-likeness (QED) is 0.759. The van der Waals surface area contributed by atoms with Crippen LogP contribution >= 0.6 is 22.6 Å². The van der Waals surface area contributed by atoms with Crippen molar-refractivity contribution in [2.24, 2.45) is 5.92 Å². The molecular weight excluding hydrogens is 325 g/mol. The summed E-state index contributed by atoms with van der Waals surface area (Å²) in [7, 11) is 0. The molecule has 3 heteroatoms. The predicted molar refractivity (Wildman–Crippen MR) is 81.1 cm³/mol. The Labute approximate surface area is 117 Å². The van der Waals surface area contributed by atoms with Crippen LogP contribution in [0.15, 0.2) is 24.3 Å². The standard InChI is InChI=1S/C14H20INO/c1-3-5-8-11(4-2)14(17)16-13-10-7-6-9-12(13)15/h6-7,9-11H,3-5,8H2,1-2H3,(H,16,17)/t11-/m0/s1. The topological polar surface area (TPSA) is 29.1 Å². The number of carbonyl (C=O) groups excluding carboxylic acids is 1. The third-order valence-corrected chi connectivity index (χ3v) is 3.84. The number of carbonyl (C=O) groups is 1. The summed E-state index contributed by atoms with van der Waals surface area (Å²) >= 11 is 2.24. The van der Waals surface area contributed by atoms with Gasteiger partial charge in [0.25, 0.3) is 0 Å². The highest BCUT2D eigenvalue weighted by Gasteiger charge is 2.16. The van der Waals surface area contributed by atoms with E-state index in [0.29, 0.717) is 0 Å². The number of rotatable bonds is 6. The number of benzene rings is 1. The summed E-state index contributed by atoms with van der Waals surface area (Å²) in [6.45, 7) is 4.24. The number of halogens is 1. The van der Waals surface area contributed by atoms with E-state index >= 15 is 0 Å². The zero-order valence-electron chi connectivity index (χ0n) is 10.5. The molecule has 1 N–H and O–H groups in total. The van der Waals surface area contributed by atoms with Gasteiger partial charge in [0.1, 0.15) is 0 Å². The third kappa shape index (κ3) is 4.66. The minimum atomic E-state index is 0.144.